The van der Waals surface area contributed by atoms with Crippen LogP contribution in [0.1, 0.15) is 36.5 Å². The van der Waals surface area contributed by atoms with E-state index in [1.807, 2.05) is 50.2 Å². The van der Waals surface area contributed by atoms with Crippen molar-refractivity contribution in [3.8, 4) is 11.4 Å². The number of nitrogens with one attached hydrogen (secondary N) is 2. The Morgan fingerprint density at radius 1 is 1.07 bits per heavy atom. The van der Waals surface area contributed by atoms with E-state index in [1.165, 1.54) is 5.56 Å². The van der Waals surface area contributed by atoms with Crippen LogP contribution in [0.25, 0.3) is 11.4 Å². The molecule has 0 bridgehead atoms. The number of tetrazole rings is 1. The van der Waals surface area contributed by atoms with Gasteiger partial charge in [-0.3, -0.25) is 10.1 Å². The van der Waals surface area contributed by atoms with E-state index < -0.39 is 11.9 Å². The number of aromatic nitrogens is 4. The highest BCUT2D eigenvalue weighted by molar-refractivity contribution is 6.01. The summed E-state index contributed by atoms with van der Waals surface area (Å²) in [5.41, 5.74) is 4.69. The first-order chi connectivity index (χ1) is 13.8. The second-order valence-corrected chi connectivity index (χ2v) is 7.24. The van der Waals surface area contributed by atoms with E-state index in [4.69, 9.17) is 0 Å². The molecule has 2 aromatic carbocycles. The summed E-state index contributed by atoms with van der Waals surface area (Å²) in [5.74, 6) is 0.324. The third kappa shape index (κ3) is 5.25. The van der Waals surface area contributed by atoms with Gasteiger partial charge in [0.05, 0.1) is 0 Å². The van der Waals surface area contributed by atoms with Crippen LogP contribution in [0.15, 0.2) is 42.5 Å². The third-order valence-electron chi connectivity index (χ3n) is 4.46. The molecular weight excluding hydrogens is 368 g/mol. The molecule has 0 radical (unpaired) electrons. The number of imide groups is 1. The van der Waals surface area contributed by atoms with E-state index in [0.29, 0.717) is 17.4 Å². The highest BCUT2D eigenvalue weighted by atomic mass is 16.2. The van der Waals surface area contributed by atoms with Crippen molar-refractivity contribution in [2.24, 2.45) is 0 Å². The summed E-state index contributed by atoms with van der Waals surface area (Å²) in [4.78, 5) is 25.3. The topological polar surface area (TPSA) is 102 Å². The quantitative estimate of drug-likeness (QED) is 0.693. The normalized spacial score (nSPS) is 10.8. The Bertz CT molecular complexity index is 1020. The average Bonchev–Trinajstić information content (AvgIpc) is 3.12. The Morgan fingerprint density at radius 3 is 2.45 bits per heavy atom. The highest BCUT2D eigenvalue weighted by Gasteiger charge is 2.13. The number of nitrogens with zero attached hydrogens (tertiary/aromatic N) is 4. The van der Waals surface area contributed by atoms with Crippen molar-refractivity contribution in [1.29, 1.82) is 0 Å². The van der Waals surface area contributed by atoms with Crippen LogP contribution in [-0.4, -0.2) is 32.1 Å². The lowest BCUT2D eigenvalue weighted by Gasteiger charge is -2.09. The van der Waals surface area contributed by atoms with E-state index in [2.05, 4.69) is 39.9 Å². The molecule has 0 spiro atoms. The van der Waals surface area contributed by atoms with Crippen molar-refractivity contribution >= 4 is 17.6 Å². The molecule has 0 atom stereocenters. The summed E-state index contributed by atoms with van der Waals surface area (Å²) in [7, 11) is 0. The Morgan fingerprint density at radius 2 is 1.79 bits per heavy atom. The van der Waals surface area contributed by atoms with E-state index in [1.54, 1.807) is 6.07 Å². The number of benzene rings is 2. The minimum atomic E-state index is -0.605. The predicted octanol–water partition coefficient (Wildman–Crippen LogP) is 3.43. The van der Waals surface area contributed by atoms with E-state index >= 15 is 0 Å². The number of carbonyl (C=O) groups excluding carboxylic acids is 2. The van der Waals surface area contributed by atoms with Gasteiger partial charge in [0, 0.05) is 11.3 Å². The number of hydrogen-bond acceptors (Lipinski definition) is 5. The van der Waals surface area contributed by atoms with Gasteiger partial charge >= 0.3 is 6.03 Å². The van der Waals surface area contributed by atoms with Crippen molar-refractivity contribution in [2.75, 3.05) is 5.32 Å². The maximum Gasteiger partial charge on any atom is 0.325 e. The zero-order valence-corrected chi connectivity index (χ0v) is 16.9. The zero-order chi connectivity index (χ0) is 21.0. The molecule has 29 heavy (non-hydrogen) atoms. The second-order valence-electron chi connectivity index (χ2n) is 7.24. The lowest BCUT2D eigenvalue weighted by molar-refractivity contribution is -0.120. The number of hydrogen-bond donors (Lipinski definition) is 2. The first-order valence-electron chi connectivity index (χ1n) is 9.38. The van der Waals surface area contributed by atoms with Gasteiger partial charge in [0.15, 0.2) is 0 Å². The number of rotatable bonds is 5. The monoisotopic (exact) mass is 392 g/mol. The van der Waals surface area contributed by atoms with Crippen molar-refractivity contribution in [3.63, 3.8) is 0 Å². The van der Waals surface area contributed by atoms with Crippen LogP contribution >= 0.6 is 0 Å². The molecular formula is C21H24N6O2. The maximum atomic E-state index is 12.1. The molecule has 1 heterocycles. The Kier molecular flexibility index (Phi) is 6.01. The second kappa shape index (κ2) is 8.64. The summed E-state index contributed by atoms with van der Waals surface area (Å²) < 4.78 is 0. The summed E-state index contributed by atoms with van der Waals surface area (Å²) in [6, 6.07) is 12.9. The molecule has 3 aromatic rings. The van der Waals surface area contributed by atoms with Gasteiger partial charge in [-0.1, -0.05) is 55.8 Å². The molecule has 0 aliphatic heterocycles. The molecule has 150 valence electrons. The number of urea groups is 1. The van der Waals surface area contributed by atoms with Gasteiger partial charge in [0.25, 0.3) is 5.91 Å². The van der Waals surface area contributed by atoms with E-state index in [-0.39, 0.29) is 6.54 Å². The predicted molar refractivity (Wildman–Crippen MR) is 110 cm³/mol. The van der Waals surface area contributed by atoms with Crippen LogP contribution in [0.5, 0.6) is 0 Å². The Balaban J connectivity index is 1.57. The van der Waals surface area contributed by atoms with Crippen LogP contribution in [0.2, 0.25) is 0 Å². The summed E-state index contributed by atoms with van der Waals surface area (Å²) in [6.07, 6.45) is 0. The number of amides is 3. The van der Waals surface area contributed by atoms with Crippen molar-refractivity contribution in [2.45, 2.75) is 40.2 Å². The number of aryl methyl sites for hydroxylation is 2. The lowest BCUT2D eigenvalue weighted by Crippen LogP contribution is -2.37. The Labute approximate surface area is 169 Å². The number of carbonyl (C=O) groups is 2. The molecule has 3 rings (SSSR count). The standard InChI is InChI=1S/C21H24N6O2/c1-13(2)16-6-8-17(9-7-16)20-24-26-27(25-20)12-19(28)23-21(29)22-18-10-5-14(3)11-15(18)4/h5-11,13H,12H2,1-4H3,(H2,22,23,28,29). The van der Waals surface area contributed by atoms with Crippen molar-refractivity contribution in [1.82, 2.24) is 25.5 Å². The smallest absolute Gasteiger partial charge is 0.307 e. The first-order valence-corrected chi connectivity index (χ1v) is 9.38. The highest BCUT2D eigenvalue weighted by Crippen LogP contribution is 2.19. The molecule has 0 unspecified atom stereocenters. The summed E-state index contributed by atoms with van der Waals surface area (Å²) in [6.45, 7) is 7.89. The largest absolute Gasteiger partial charge is 0.325 e. The molecule has 1 aromatic heterocycles. The van der Waals surface area contributed by atoms with E-state index in [9.17, 15) is 9.59 Å². The van der Waals surface area contributed by atoms with Gasteiger partial charge in [-0.15, -0.1) is 10.2 Å². The maximum absolute atomic E-state index is 12.1. The minimum absolute atomic E-state index is 0.211. The zero-order valence-electron chi connectivity index (χ0n) is 16.9. The molecule has 8 heteroatoms. The van der Waals surface area contributed by atoms with Crippen LogP contribution in [-0.2, 0) is 11.3 Å². The average molecular weight is 392 g/mol. The number of anilines is 1. The summed E-state index contributed by atoms with van der Waals surface area (Å²) in [5, 5.41) is 17.0. The van der Waals surface area contributed by atoms with Gasteiger partial charge in [-0.2, -0.15) is 4.80 Å². The van der Waals surface area contributed by atoms with Gasteiger partial charge in [-0.05, 0) is 42.2 Å². The van der Waals surface area contributed by atoms with Gasteiger partial charge in [-0.25, -0.2) is 4.79 Å². The minimum Gasteiger partial charge on any atom is -0.307 e. The van der Waals surface area contributed by atoms with Crippen LogP contribution in [0, 0.1) is 13.8 Å². The molecule has 0 fully saturated rings. The van der Waals surface area contributed by atoms with E-state index in [0.717, 1.165) is 21.5 Å². The fourth-order valence-electron chi connectivity index (χ4n) is 2.84. The molecule has 8 nitrogen and oxygen atoms in total. The Hall–Kier alpha value is -3.55. The molecule has 3 amide bonds. The molecule has 0 aliphatic carbocycles. The van der Waals surface area contributed by atoms with Gasteiger partial charge in [0.2, 0.25) is 5.82 Å². The molecule has 2 N–H and O–H groups in total. The molecule has 0 aliphatic rings. The van der Waals surface area contributed by atoms with Gasteiger partial charge in [0.1, 0.15) is 6.54 Å². The molecule has 0 saturated carbocycles. The van der Waals surface area contributed by atoms with Gasteiger partial charge < -0.3 is 5.32 Å². The van der Waals surface area contributed by atoms with Crippen molar-refractivity contribution in [3.05, 3.63) is 59.2 Å². The van der Waals surface area contributed by atoms with Crippen LogP contribution in [0.4, 0.5) is 10.5 Å². The van der Waals surface area contributed by atoms with Crippen LogP contribution < -0.4 is 10.6 Å². The van der Waals surface area contributed by atoms with Crippen molar-refractivity contribution < 1.29 is 9.59 Å². The third-order valence-corrected chi connectivity index (χ3v) is 4.46. The first kappa shape index (κ1) is 20.2. The SMILES string of the molecule is Cc1ccc(NC(=O)NC(=O)Cn2nnc(-c3ccc(C(C)C)cc3)n2)c(C)c1. The van der Waals surface area contributed by atoms with Crippen LogP contribution in [0.3, 0.4) is 0 Å². The molecule has 0 saturated heterocycles. The fourth-order valence-corrected chi connectivity index (χ4v) is 2.84. The fraction of sp³-hybridized carbons (Fsp3) is 0.286. The lowest BCUT2D eigenvalue weighted by atomic mass is 10.0. The summed E-state index contributed by atoms with van der Waals surface area (Å²) >= 11 is 0.